The highest BCUT2D eigenvalue weighted by Gasteiger charge is 2.33. The summed E-state index contributed by atoms with van der Waals surface area (Å²) in [6.45, 7) is 0. The molecule has 0 bridgehead atoms. The number of rotatable bonds is 5. The van der Waals surface area contributed by atoms with Crippen molar-refractivity contribution in [3.05, 3.63) is 75.9 Å². The topological polar surface area (TPSA) is 90.0 Å². The van der Waals surface area contributed by atoms with Gasteiger partial charge in [0.25, 0.3) is 5.56 Å². The molecule has 0 aliphatic heterocycles. The number of alkyl halides is 3. The van der Waals surface area contributed by atoms with Gasteiger partial charge < -0.3 is 11.2 Å². The maximum Gasteiger partial charge on any atom is 0.418 e. The number of nitrogen functional groups attached to an aromatic ring is 1. The molecule has 0 aliphatic rings. The number of nitrogens with two attached hydrogens (primary N) is 1. The molecule has 0 saturated carbocycles. The summed E-state index contributed by atoms with van der Waals surface area (Å²) in [6.07, 6.45) is -4.60. The first-order valence-corrected chi connectivity index (χ1v) is 11.1. The molecule has 2 heterocycles. The molecule has 0 spiro atoms. The first kappa shape index (κ1) is 21.9. The van der Waals surface area contributed by atoms with E-state index in [1.54, 1.807) is 0 Å². The van der Waals surface area contributed by atoms with Gasteiger partial charge >= 0.3 is 6.18 Å². The first-order chi connectivity index (χ1) is 15.3. The summed E-state index contributed by atoms with van der Waals surface area (Å²) in [6, 6.07) is 14.0. The van der Waals surface area contributed by atoms with E-state index in [1.165, 1.54) is 29.5 Å². The third-order valence-electron chi connectivity index (χ3n) is 4.53. The lowest BCUT2D eigenvalue weighted by molar-refractivity contribution is -0.137. The van der Waals surface area contributed by atoms with Crippen LogP contribution in [0.5, 0.6) is 0 Å². The number of halogens is 3. The van der Waals surface area contributed by atoms with Gasteiger partial charge in [-0.15, -0.1) is 11.3 Å². The zero-order valence-corrected chi connectivity index (χ0v) is 17.9. The normalized spacial score (nSPS) is 11.6. The van der Waals surface area contributed by atoms with Crippen LogP contribution in [0, 0.1) is 0 Å². The molecule has 1 amide bonds. The van der Waals surface area contributed by atoms with Gasteiger partial charge in [-0.05, 0) is 17.7 Å². The Labute approximate surface area is 187 Å². The average molecular weight is 477 g/mol. The third-order valence-corrected chi connectivity index (χ3v) is 6.36. The number of nitrogens with zero attached hydrogens (tertiary/aromatic N) is 2. The van der Waals surface area contributed by atoms with Crippen molar-refractivity contribution in [2.24, 2.45) is 0 Å². The summed E-state index contributed by atoms with van der Waals surface area (Å²) >= 11 is 2.13. The number of hydrogen-bond acceptors (Lipinski definition) is 6. The van der Waals surface area contributed by atoms with Gasteiger partial charge in [-0.2, -0.15) is 13.2 Å². The summed E-state index contributed by atoms with van der Waals surface area (Å²) in [5.41, 5.74) is -0.202. The molecule has 164 valence electrons. The molecule has 32 heavy (non-hydrogen) atoms. The van der Waals surface area contributed by atoms with E-state index in [0.29, 0.717) is 15.8 Å². The Morgan fingerprint density at radius 3 is 2.53 bits per heavy atom. The fraction of sp³-hybridized carbons (Fsp3) is 0.0952. The predicted octanol–water partition coefficient (Wildman–Crippen LogP) is 4.59. The molecule has 6 nitrogen and oxygen atoms in total. The van der Waals surface area contributed by atoms with Crippen LogP contribution in [0.25, 0.3) is 21.3 Å². The Kier molecular flexibility index (Phi) is 5.94. The second-order valence-corrected chi connectivity index (χ2v) is 8.45. The van der Waals surface area contributed by atoms with E-state index in [-0.39, 0.29) is 16.6 Å². The molecule has 0 unspecified atom stereocenters. The van der Waals surface area contributed by atoms with Crippen molar-refractivity contribution in [3.63, 3.8) is 0 Å². The molecular formula is C21H15F3N4O2S2. The number of fused-ring (bicyclic) bond motifs is 1. The van der Waals surface area contributed by atoms with E-state index in [0.717, 1.165) is 28.1 Å². The SMILES string of the molecule is Nn1c(SCC(=O)Nc2ccccc2C(F)(F)F)nc2scc(-c3ccccc3)c2c1=O. The largest absolute Gasteiger partial charge is 0.418 e. The highest BCUT2D eigenvalue weighted by atomic mass is 32.2. The third kappa shape index (κ3) is 4.34. The van der Waals surface area contributed by atoms with Gasteiger partial charge in [0.2, 0.25) is 5.91 Å². The van der Waals surface area contributed by atoms with Crippen molar-refractivity contribution in [1.82, 2.24) is 9.66 Å². The van der Waals surface area contributed by atoms with Crippen LogP contribution in [0.1, 0.15) is 5.56 Å². The number of para-hydroxylation sites is 1. The summed E-state index contributed by atoms with van der Waals surface area (Å²) < 4.78 is 40.2. The van der Waals surface area contributed by atoms with E-state index < -0.39 is 23.2 Å². The molecule has 4 aromatic rings. The Morgan fingerprint density at radius 2 is 1.81 bits per heavy atom. The number of carbonyl (C=O) groups excluding carboxylic acids is 1. The molecule has 0 fully saturated rings. The van der Waals surface area contributed by atoms with E-state index in [2.05, 4.69) is 10.3 Å². The molecule has 11 heteroatoms. The zero-order chi connectivity index (χ0) is 22.9. The Balaban J connectivity index is 1.55. The van der Waals surface area contributed by atoms with Crippen molar-refractivity contribution in [1.29, 1.82) is 0 Å². The number of thiophene rings is 1. The zero-order valence-electron chi connectivity index (χ0n) is 16.2. The van der Waals surface area contributed by atoms with Crippen molar-refractivity contribution in [3.8, 4) is 11.1 Å². The van der Waals surface area contributed by atoms with Crippen LogP contribution in [0.2, 0.25) is 0 Å². The summed E-state index contributed by atoms with van der Waals surface area (Å²) in [4.78, 5) is 30.0. The van der Waals surface area contributed by atoms with Crippen molar-refractivity contribution >= 4 is 44.9 Å². The van der Waals surface area contributed by atoms with Gasteiger partial charge in [0.05, 0.1) is 22.4 Å². The van der Waals surface area contributed by atoms with Gasteiger partial charge in [0.15, 0.2) is 5.16 Å². The molecule has 0 saturated heterocycles. The van der Waals surface area contributed by atoms with Gasteiger partial charge in [-0.1, -0.05) is 54.2 Å². The maximum absolute atomic E-state index is 13.1. The highest BCUT2D eigenvalue weighted by Crippen LogP contribution is 2.35. The molecule has 4 rings (SSSR count). The van der Waals surface area contributed by atoms with Crippen LogP contribution >= 0.6 is 23.1 Å². The second kappa shape index (κ2) is 8.67. The molecule has 3 N–H and O–H groups in total. The van der Waals surface area contributed by atoms with Crippen LogP contribution < -0.4 is 16.7 Å². The lowest BCUT2D eigenvalue weighted by Crippen LogP contribution is -2.30. The number of carbonyl (C=O) groups is 1. The maximum atomic E-state index is 13.1. The molecule has 0 aliphatic carbocycles. The van der Waals surface area contributed by atoms with Crippen LogP contribution in [0.4, 0.5) is 18.9 Å². The summed E-state index contributed by atoms with van der Waals surface area (Å²) in [5.74, 6) is 4.96. The molecule has 2 aromatic heterocycles. The smallest absolute Gasteiger partial charge is 0.334 e. The van der Waals surface area contributed by atoms with Crippen molar-refractivity contribution in [2.45, 2.75) is 11.3 Å². The minimum atomic E-state index is -4.60. The molecule has 2 aromatic carbocycles. The van der Waals surface area contributed by atoms with Crippen LogP contribution in [0.15, 0.2) is 69.9 Å². The number of amides is 1. The monoisotopic (exact) mass is 476 g/mol. The van der Waals surface area contributed by atoms with Gasteiger partial charge in [0, 0.05) is 10.9 Å². The number of benzene rings is 2. The first-order valence-electron chi connectivity index (χ1n) is 9.19. The molecular weight excluding hydrogens is 461 g/mol. The highest BCUT2D eigenvalue weighted by molar-refractivity contribution is 7.99. The Hall–Kier alpha value is -3.31. The van der Waals surface area contributed by atoms with Crippen LogP contribution in [-0.4, -0.2) is 21.3 Å². The standard InChI is InChI=1S/C21H15F3N4O2S2/c22-21(23,24)14-8-4-5-9-15(14)26-16(29)11-32-20-27-18-17(19(30)28(20)25)13(10-31-18)12-6-2-1-3-7-12/h1-10H,11,25H2,(H,26,29). The Morgan fingerprint density at radius 1 is 1.12 bits per heavy atom. The second-order valence-electron chi connectivity index (χ2n) is 6.65. The van der Waals surface area contributed by atoms with E-state index in [1.807, 2.05) is 35.7 Å². The summed E-state index contributed by atoms with van der Waals surface area (Å²) in [7, 11) is 0. The van der Waals surface area contributed by atoms with E-state index in [4.69, 9.17) is 5.84 Å². The number of thioether (sulfide) groups is 1. The quantitative estimate of drug-likeness (QED) is 0.250. The fourth-order valence-electron chi connectivity index (χ4n) is 3.07. The Bertz CT molecular complexity index is 1350. The molecule has 0 radical (unpaired) electrons. The minimum Gasteiger partial charge on any atom is -0.334 e. The number of nitrogens with one attached hydrogen (secondary N) is 1. The lowest BCUT2D eigenvalue weighted by atomic mass is 10.1. The van der Waals surface area contributed by atoms with Crippen molar-refractivity contribution < 1.29 is 18.0 Å². The summed E-state index contributed by atoms with van der Waals surface area (Å²) in [5, 5.41) is 4.52. The lowest BCUT2D eigenvalue weighted by Gasteiger charge is -2.13. The predicted molar refractivity (Wildman–Crippen MR) is 120 cm³/mol. The van der Waals surface area contributed by atoms with Crippen molar-refractivity contribution in [2.75, 3.05) is 16.9 Å². The van der Waals surface area contributed by atoms with Gasteiger partial charge in [0.1, 0.15) is 4.83 Å². The van der Waals surface area contributed by atoms with Crippen LogP contribution in [0.3, 0.4) is 0 Å². The average Bonchev–Trinajstić information content (AvgIpc) is 3.19. The fourth-order valence-corrected chi connectivity index (χ4v) is 4.78. The van der Waals surface area contributed by atoms with Crippen LogP contribution in [-0.2, 0) is 11.0 Å². The number of anilines is 1. The number of hydrogen-bond donors (Lipinski definition) is 2. The minimum absolute atomic E-state index is 0.0863. The van der Waals surface area contributed by atoms with Gasteiger partial charge in [-0.25, -0.2) is 9.66 Å². The van der Waals surface area contributed by atoms with E-state index in [9.17, 15) is 22.8 Å². The van der Waals surface area contributed by atoms with Gasteiger partial charge in [-0.3, -0.25) is 9.59 Å². The number of aromatic nitrogens is 2. The molecule has 0 atom stereocenters. The van der Waals surface area contributed by atoms with E-state index >= 15 is 0 Å².